The Bertz CT molecular complexity index is 944. The fraction of sp³-hybridized carbons (Fsp3) is 0.188. The van der Waals surface area contributed by atoms with E-state index in [2.05, 4.69) is 10.3 Å². The van der Waals surface area contributed by atoms with Gasteiger partial charge in [0, 0.05) is 22.9 Å². The first-order valence-electron chi connectivity index (χ1n) is 6.93. The van der Waals surface area contributed by atoms with Gasteiger partial charge in [-0.25, -0.2) is 13.4 Å². The van der Waals surface area contributed by atoms with Crippen molar-refractivity contribution in [1.29, 1.82) is 0 Å². The Hall–Kier alpha value is -1.83. The molecule has 128 valence electrons. The zero-order chi connectivity index (χ0) is 16.6. The number of aryl methyl sites for hydroxylation is 2. The molecule has 0 radical (unpaired) electrons. The van der Waals surface area contributed by atoms with Gasteiger partial charge < -0.3 is 9.73 Å². The van der Waals surface area contributed by atoms with E-state index in [4.69, 9.17) is 4.42 Å². The third kappa shape index (κ3) is 3.98. The molecule has 0 aliphatic carbocycles. The molecule has 8 heteroatoms. The summed E-state index contributed by atoms with van der Waals surface area (Å²) in [6.07, 6.45) is 1.19. The molecule has 2 aromatic heterocycles. The van der Waals surface area contributed by atoms with E-state index in [0.717, 1.165) is 33.6 Å². The van der Waals surface area contributed by atoms with E-state index in [1.807, 2.05) is 25.3 Å². The molecular weight excluding hydrogens is 368 g/mol. The molecule has 0 amide bonds. The molecule has 1 aromatic carbocycles. The van der Waals surface area contributed by atoms with Gasteiger partial charge >= 0.3 is 0 Å². The minimum atomic E-state index is -3.18. The Balaban J connectivity index is 0.00000208. The predicted molar refractivity (Wildman–Crippen MR) is 99.4 cm³/mol. The van der Waals surface area contributed by atoms with Crippen LogP contribution in [-0.4, -0.2) is 19.7 Å². The van der Waals surface area contributed by atoms with Gasteiger partial charge in [0.2, 0.25) is 0 Å². The molecule has 0 atom stereocenters. The fourth-order valence-electron chi connectivity index (χ4n) is 2.25. The second-order valence-electron chi connectivity index (χ2n) is 5.29. The molecule has 3 aromatic rings. The maximum atomic E-state index is 11.5. The van der Waals surface area contributed by atoms with Gasteiger partial charge in [-0.1, -0.05) is 0 Å². The van der Waals surface area contributed by atoms with Crippen LogP contribution < -0.4 is 5.32 Å². The fourth-order valence-corrected chi connectivity index (χ4v) is 3.61. The van der Waals surface area contributed by atoms with Gasteiger partial charge in [0.15, 0.2) is 15.0 Å². The minimum absolute atomic E-state index is 0. The Kier molecular flexibility index (Phi) is 5.37. The van der Waals surface area contributed by atoms with Gasteiger partial charge in [-0.3, -0.25) is 0 Å². The maximum Gasteiger partial charge on any atom is 0.187 e. The lowest BCUT2D eigenvalue weighted by atomic mass is 10.2. The van der Waals surface area contributed by atoms with Crippen LogP contribution >= 0.6 is 23.7 Å². The number of rotatable bonds is 4. The highest BCUT2D eigenvalue weighted by atomic mass is 35.5. The molecule has 0 bridgehead atoms. The van der Waals surface area contributed by atoms with E-state index in [1.165, 1.54) is 17.6 Å². The van der Waals surface area contributed by atoms with Gasteiger partial charge in [0.25, 0.3) is 0 Å². The average molecular weight is 385 g/mol. The number of aromatic nitrogens is 1. The number of nitrogens with zero attached hydrogens (tertiary/aromatic N) is 1. The number of benzene rings is 1. The van der Waals surface area contributed by atoms with E-state index in [9.17, 15) is 8.42 Å². The Morgan fingerprint density at radius 3 is 2.38 bits per heavy atom. The predicted octanol–water partition coefficient (Wildman–Crippen LogP) is 4.59. The highest BCUT2D eigenvalue weighted by molar-refractivity contribution is 7.90. The van der Waals surface area contributed by atoms with Crippen LogP contribution in [0.4, 0.5) is 10.8 Å². The van der Waals surface area contributed by atoms with Crippen molar-refractivity contribution < 1.29 is 12.8 Å². The molecule has 0 unspecified atom stereocenters. The number of nitrogens with one attached hydrogen (secondary N) is 1. The van der Waals surface area contributed by atoms with Gasteiger partial charge in [-0.2, -0.15) is 0 Å². The number of anilines is 2. The third-order valence-electron chi connectivity index (χ3n) is 3.35. The Morgan fingerprint density at radius 2 is 1.83 bits per heavy atom. The first kappa shape index (κ1) is 18.5. The van der Waals surface area contributed by atoms with Crippen molar-refractivity contribution in [3.05, 3.63) is 47.2 Å². The molecule has 0 aliphatic rings. The molecule has 0 saturated heterocycles. The number of thiazole rings is 1. The van der Waals surface area contributed by atoms with Gasteiger partial charge in [-0.05, 0) is 44.2 Å². The summed E-state index contributed by atoms with van der Waals surface area (Å²) in [6.45, 7) is 3.82. The molecule has 24 heavy (non-hydrogen) atoms. The number of hydrogen-bond acceptors (Lipinski definition) is 6. The smallest absolute Gasteiger partial charge is 0.187 e. The van der Waals surface area contributed by atoms with E-state index in [-0.39, 0.29) is 12.4 Å². The van der Waals surface area contributed by atoms with Gasteiger partial charge in [-0.15, -0.1) is 23.7 Å². The van der Waals surface area contributed by atoms with E-state index >= 15 is 0 Å². The number of hydrogen-bond donors (Lipinski definition) is 1. The van der Waals surface area contributed by atoms with Gasteiger partial charge in [0.1, 0.15) is 11.5 Å². The lowest BCUT2D eigenvalue weighted by Crippen LogP contribution is -1.97. The monoisotopic (exact) mass is 384 g/mol. The second kappa shape index (κ2) is 6.96. The molecule has 0 saturated carbocycles. The quantitative estimate of drug-likeness (QED) is 0.712. The summed E-state index contributed by atoms with van der Waals surface area (Å²) in [5, 5.41) is 5.88. The van der Waals surface area contributed by atoms with Crippen LogP contribution in [0.5, 0.6) is 0 Å². The van der Waals surface area contributed by atoms with Crippen molar-refractivity contribution in [3.8, 4) is 11.3 Å². The second-order valence-corrected chi connectivity index (χ2v) is 8.16. The first-order chi connectivity index (χ1) is 10.8. The molecule has 0 aliphatic heterocycles. The van der Waals surface area contributed by atoms with Crippen LogP contribution in [0.2, 0.25) is 0 Å². The lowest BCUT2D eigenvalue weighted by Gasteiger charge is -2.03. The summed E-state index contributed by atoms with van der Waals surface area (Å²) in [5.41, 5.74) is 2.64. The van der Waals surface area contributed by atoms with Gasteiger partial charge in [0.05, 0.1) is 10.6 Å². The Morgan fingerprint density at radius 1 is 1.17 bits per heavy atom. The molecule has 0 spiro atoms. The first-order valence-corrected chi connectivity index (χ1v) is 9.70. The topological polar surface area (TPSA) is 72.2 Å². The summed E-state index contributed by atoms with van der Waals surface area (Å²) in [4.78, 5) is 4.85. The molecular formula is C16H17ClN2O3S2. The summed E-state index contributed by atoms with van der Waals surface area (Å²) in [6, 6.07) is 8.58. The highest BCUT2D eigenvalue weighted by Gasteiger charge is 2.12. The van der Waals surface area contributed by atoms with Crippen molar-refractivity contribution in [2.45, 2.75) is 18.7 Å². The van der Waals surface area contributed by atoms with E-state index in [1.54, 1.807) is 24.3 Å². The van der Waals surface area contributed by atoms with E-state index < -0.39 is 9.84 Å². The Labute approximate surface area is 151 Å². The van der Waals surface area contributed by atoms with Crippen LogP contribution in [0.1, 0.15) is 11.5 Å². The SMILES string of the molecule is Cc1cc(-c2csc(Nc3ccc(S(C)(=O)=O)cc3)n2)c(C)o1.Cl. The number of sulfone groups is 1. The van der Waals surface area contributed by atoms with Crippen LogP contribution in [0.3, 0.4) is 0 Å². The maximum absolute atomic E-state index is 11.5. The number of halogens is 1. The van der Waals surface area contributed by atoms with Crippen LogP contribution in [0.25, 0.3) is 11.3 Å². The summed E-state index contributed by atoms with van der Waals surface area (Å²) >= 11 is 1.48. The van der Waals surface area contributed by atoms with Crippen molar-refractivity contribution in [2.75, 3.05) is 11.6 Å². The molecule has 3 rings (SSSR count). The standard InChI is InChI=1S/C16H16N2O3S2.ClH/c1-10-8-14(11(2)21-10)15-9-22-16(18-15)17-12-4-6-13(7-5-12)23(3,19)20;/h4-9H,1-3H3,(H,17,18);1H. The summed E-state index contributed by atoms with van der Waals surface area (Å²) < 4.78 is 28.4. The number of furan rings is 1. The largest absolute Gasteiger partial charge is 0.466 e. The summed E-state index contributed by atoms with van der Waals surface area (Å²) in [7, 11) is -3.18. The van der Waals surface area contributed by atoms with Crippen LogP contribution in [0.15, 0.2) is 45.0 Å². The molecule has 0 fully saturated rings. The van der Waals surface area contributed by atoms with Crippen LogP contribution in [-0.2, 0) is 9.84 Å². The van der Waals surface area contributed by atoms with Crippen molar-refractivity contribution in [2.24, 2.45) is 0 Å². The zero-order valence-electron chi connectivity index (χ0n) is 13.4. The molecule has 5 nitrogen and oxygen atoms in total. The minimum Gasteiger partial charge on any atom is -0.466 e. The zero-order valence-corrected chi connectivity index (χ0v) is 15.8. The normalized spacial score (nSPS) is 11.1. The van der Waals surface area contributed by atoms with Crippen molar-refractivity contribution in [1.82, 2.24) is 4.98 Å². The van der Waals surface area contributed by atoms with E-state index in [0.29, 0.717) is 4.90 Å². The molecule has 2 heterocycles. The lowest BCUT2D eigenvalue weighted by molar-refractivity contribution is 0.505. The van der Waals surface area contributed by atoms with Crippen molar-refractivity contribution in [3.63, 3.8) is 0 Å². The third-order valence-corrected chi connectivity index (χ3v) is 5.24. The summed E-state index contributed by atoms with van der Waals surface area (Å²) in [5.74, 6) is 1.70. The van der Waals surface area contributed by atoms with Crippen LogP contribution in [0, 0.1) is 13.8 Å². The molecule has 1 N–H and O–H groups in total. The highest BCUT2D eigenvalue weighted by Crippen LogP contribution is 2.31. The van der Waals surface area contributed by atoms with Crippen molar-refractivity contribution >= 4 is 44.4 Å². The average Bonchev–Trinajstić information content (AvgIpc) is 3.05.